The van der Waals surface area contributed by atoms with Gasteiger partial charge in [0.15, 0.2) is 6.10 Å². The summed E-state index contributed by atoms with van der Waals surface area (Å²) in [4.78, 5) is 38.3. The molecule has 1 atom stereocenters. The van der Waals surface area contributed by atoms with Gasteiger partial charge in [-0.2, -0.15) is 0 Å². The summed E-state index contributed by atoms with van der Waals surface area (Å²) in [7, 11) is 0. The third kappa shape index (κ3) is 66.1. The van der Waals surface area contributed by atoms with Gasteiger partial charge in [-0.05, 0) is 57.8 Å². The van der Waals surface area contributed by atoms with E-state index in [1.807, 2.05) is 0 Å². The third-order valence-corrected chi connectivity index (χ3v) is 15.8. The maximum atomic E-state index is 12.9. The molecule has 6 nitrogen and oxygen atoms in total. The van der Waals surface area contributed by atoms with E-state index in [1.165, 1.54) is 257 Å². The van der Waals surface area contributed by atoms with Crippen LogP contribution in [-0.4, -0.2) is 37.2 Å². The number of carbonyl (C=O) groups is 3. The zero-order valence-corrected chi connectivity index (χ0v) is 53.2. The van der Waals surface area contributed by atoms with E-state index in [0.717, 1.165) is 83.5 Å². The summed E-state index contributed by atoms with van der Waals surface area (Å²) in [5.41, 5.74) is 0. The number of ether oxygens (including phenoxy) is 3. The highest BCUT2D eigenvalue weighted by Gasteiger charge is 2.19. The number of rotatable bonds is 65. The summed E-state index contributed by atoms with van der Waals surface area (Å²) in [5, 5.41) is 0. The van der Waals surface area contributed by atoms with Crippen LogP contribution in [0.15, 0.2) is 48.6 Å². The lowest BCUT2D eigenvalue weighted by atomic mass is 10.0. The van der Waals surface area contributed by atoms with Crippen molar-refractivity contribution in [3.8, 4) is 0 Å². The molecule has 0 aliphatic carbocycles. The fourth-order valence-corrected chi connectivity index (χ4v) is 10.6. The zero-order valence-electron chi connectivity index (χ0n) is 53.2. The van der Waals surface area contributed by atoms with Gasteiger partial charge in [-0.3, -0.25) is 14.4 Å². The van der Waals surface area contributed by atoms with Gasteiger partial charge in [0.05, 0.1) is 0 Å². The van der Waals surface area contributed by atoms with Crippen molar-refractivity contribution in [1.29, 1.82) is 0 Å². The van der Waals surface area contributed by atoms with Crippen LogP contribution in [0.2, 0.25) is 0 Å². The van der Waals surface area contributed by atoms with E-state index in [1.54, 1.807) is 0 Å². The molecule has 0 spiro atoms. The van der Waals surface area contributed by atoms with Gasteiger partial charge in [0.25, 0.3) is 0 Å². The molecule has 79 heavy (non-hydrogen) atoms. The van der Waals surface area contributed by atoms with Crippen molar-refractivity contribution < 1.29 is 28.6 Å². The van der Waals surface area contributed by atoms with E-state index < -0.39 is 6.10 Å². The van der Waals surface area contributed by atoms with E-state index in [9.17, 15) is 14.4 Å². The van der Waals surface area contributed by atoms with Crippen molar-refractivity contribution in [1.82, 2.24) is 0 Å². The molecule has 0 saturated carbocycles. The van der Waals surface area contributed by atoms with Crippen LogP contribution in [-0.2, 0) is 28.6 Å². The minimum atomic E-state index is -0.771. The van der Waals surface area contributed by atoms with Crippen LogP contribution in [0.4, 0.5) is 0 Å². The molecule has 0 aliphatic heterocycles. The molecule has 0 rings (SSSR count). The molecule has 0 fully saturated rings. The van der Waals surface area contributed by atoms with Crippen molar-refractivity contribution in [2.45, 2.75) is 386 Å². The molecule has 0 aromatic heterocycles. The molecule has 6 heteroatoms. The predicted molar refractivity (Wildman–Crippen MR) is 344 cm³/mol. The van der Waals surface area contributed by atoms with Gasteiger partial charge in [0.1, 0.15) is 13.2 Å². The highest BCUT2D eigenvalue weighted by Crippen LogP contribution is 2.19. The first kappa shape index (κ1) is 76.4. The number of unbranched alkanes of at least 4 members (excludes halogenated alkanes) is 46. The Balaban J connectivity index is 4.11. The second-order valence-corrected chi connectivity index (χ2v) is 23.8. The number of esters is 3. The molecule has 0 saturated heterocycles. The van der Waals surface area contributed by atoms with Gasteiger partial charge in [-0.15, -0.1) is 0 Å². The Morgan fingerprint density at radius 2 is 0.494 bits per heavy atom. The van der Waals surface area contributed by atoms with Gasteiger partial charge in [-0.1, -0.05) is 352 Å². The topological polar surface area (TPSA) is 78.9 Å². The van der Waals surface area contributed by atoms with Crippen molar-refractivity contribution >= 4 is 17.9 Å². The summed E-state index contributed by atoms with van der Waals surface area (Å²) in [6.45, 7) is 6.57. The van der Waals surface area contributed by atoms with Crippen LogP contribution in [0.3, 0.4) is 0 Å². The largest absolute Gasteiger partial charge is 0.462 e. The van der Waals surface area contributed by atoms with E-state index in [2.05, 4.69) is 69.4 Å². The standard InChI is InChI=1S/C73H134O6/c1-4-7-10-13-16-19-21-23-25-27-29-31-33-35-36-38-39-41-43-45-47-49-51-54-57-60-63-66-72(75)78-69-70(68-77-71(74)65-62-59-56-53-18-15-12-9-6-3)79-73(76)67-64-61-58-55-52-50-48-46-44-42-40-37-34-32-30-28-26-24-22-20-17-14-11-8-5-2/h8,11,17,20,24,26,30,32,70H,4-7,9-10,12-16,18-19,21-23,25,27-29,31,33-69H2,1-3H3/b11-8-,20-17-,26-24-,32-30-. The van der Waals surface area contributed by atoms with Gasteiger partial charge >= 0.3 is 17.9 Å². The van der Waals surface area contributed by atoms with E-state index in [0.29, 0.717) is 19.3 Å². The number of carbonyl (C=O) groups excluding carboxylic acids is 3. The van der Waals surface area contributed by atoms with Crippen molar-refractivity contribution in [2.75, 3.05) is 13.2 Å². The van der Waals surface area contributed by atoms with E-state index >= 15 is 0 Å². The fraction of sp³-hybridized carbons (Fsp3) is 0.849. The van der Waals surface area contributed by atoms with E-state index in [4.69, 9.17) is 14.2 Å². The maximum Gasteiger partial charge on any atom is 0.306 e. The molecule has 0 heterocycles. The Morgan fingerprint density at radius 1 is 0.266 bits per heavy atom. The lowest BCUT2D eigenvalue weighted by molar-refractivity contribution is -0.167. The normalized spacial score (nSPS) is 12.3. The minimum absolute atomic E-state index is 0.0680. The van der Waals surface area contributed by atoms with Crippen LogP contribution in [0, 0.1) is 0 Å². The molecule has 0 N–H and O–H groups in total. The lowest BCUT2D eigenvalue weighted by Gasteiger charge is -2.18. The first-order valence-electron chi connectivity index (χ1n) is 35.1. The quantitative estimate of drug-likeness (QED) is 0.0261. The fourth-order valence-electron chi connectivity index (χ4n) is 10.6. The Labute approximate surface area is 492 Å². The summed E-state index contributed by atoms with van der Waals surface area (Å²) in [5.74, 6) is -0.847. The molecule has 0 radical (unpaired) electrons. The van der Waals surface area contributed by atoms with Gasteiger partial charge < -0.3 is 14.2 Å². The average Bonchev–Trinajstić information content (AvgIpc) is 3.45. The monoisotopic (exact) mass is 1110 g/mol. The Bertz CT molecular complexity index is 1360. The van der Waals surface area contributed by atoms with Gasteiger partial charge in [0, 0.05) is 19.3 Å². The van der Waals surface area contributed by atoms with Crippen LogP contribution >= 0.6 is 0 Å². The Morgan fingerprint density at radius 3 is 0.772 bits per heavy atom. The van der Waals surface area contributed by atoms with Gasteiger partial charge in [0.2, 0.25) is 0 Å². The average molecular weight is 1110 g/mol. The van der Waals surface area contributed by atoms with Crippen LogP contribution in [0.25, 0.3) is 0 Å². The number of hydrogen-bond donors (Lipinski definition) is 0. The van der Waals surface area contributed by atoms with Crippen LogP contribution in [0.5, 0.6) is 0 Å². The molecular formula is C73H134O6. The first-order chi connectivity index (χ1) is 39.0. The molecule has 0 aliphatic rings. The summed E-state index contributed by atoms with van der Waals surface area (Å²) >= 11 is 0. The summed E-state index contributed by atoms with van der Waals surface area (Å²) in [6, 6.07) is 0. The predicted octanol–water partition coefficient (Wildman–Crippen LogP) is 24.1. The van der Waals surface area contributed by atoms with Crippen LogP contribution in [0.1, 0.15) is 380 Å². The molecule has 0 bridgehead atoms. The second-order valence-electron chi connectivity index (χ2n) is 23.8. The summed E-state index contributed by atoms with van der Waals surface area (Å²) in [6.07, 6.45) is 85.9. The molecule has 0 aromatic carbocycles. The number of hydrogen-bond acceptors (Lipinski definition) is 6. The van der Waals surface area contributed by atoms with Gasteiger partial charge in [-0.25, -0.2) is 0 Å². The van der Waals surface area contributed by atoms with Crippen molar-refractivity contribution in [2.24, 2.45) is 0 Å². The zero-order chi connectivity index (χ0) is 57.1. The Kier molecular flexibility index (Phi) is 65.6. The first-order valence-corrected chi connectivity index (χ1v) is 35.1. The molecule has 0 aromatic rings. The van der Waals surface area contributed by atoms with Crippen molar-refractivity contribution in [3.05, 3.63) is 48.6 Å². The Hall–Kier alpha value is -2.63. The number of allylic oxidation sites excluding steroid dienone is 8. The highest BCUT2D eigenvalue weighted by atomic mass is 16.6. The minimum Gasteiger partial charge on any atom is -0.462 e. The maximum absolute atomic E-state index is 12.9. The smallest absolute Gasteiger partial charge is 0.306 e. The molecule has 1 unspecified atom stereocenters. The molecule has 0 amide bonds. The molecule has 462 valence electrons. The highest BCUT2D eigenvalue weighted by molar-refractivity contribution is 5.71. The van der Waals surface area contributed by atoms with Crippen LogP contribution < -0.4 is 0 Å². The summed E-state index contributed by atoms with van der Waals surface area (Å²) < 4.78 is 16.9. The lowest BCUT2D eigenvalue weighted by Crippen LogP contribution is -2.30. The van der Waals surface area contributed by atoms with Crippen molar-refractivity contribution in [3.63, 3.8) is 0 Å². The SMILES string of the molecule is CC/C=C\C/C=C\C/C=C\C/C=C\CCCCCCCCCCCCCCC(=O)OC(COC(=O)CCCCCCCCCCC)COC(=O)CCCCCCCCCCCCCCCCCCCCCCCCCCCCC. The van der Waals surface area contributed by atoms with E-state index in [-0.39, 0.29) is 31.1 Å². The molecular weight excluding hydrogens is 973 g/mol. The third-order valence-electron chi connectivity index (χ3n) is 15.8. The second kappa shape index (κ2) is 67.9.